The monoisotopic (exact) mass is 283 g/mol. The van der Waals surface area contributed by atoms with Gasteiger partial charge in [-0.3, -0.25) is 0 Å². The van der Waals surface area contributed by atoms with Gasteiger partial charge >= 0.3 is 0 Å². The van der Waals surface area contributed by atoms with E-state index >= 15 is 0 Å². The summed E-state index contributed by atoms with van der Waals surface area (Å²) in [6, 6.07) is 4.20. The third kappa shape index (κ3) is 2.17. The van der Waals surface area contributed by atoms with E-state index in [-0.39, 0.29) is 0 Å². The Morgan fingerprint density at radius 2 is 2.33 bits per heavy atom. The zero-order valence-corrected chi connectivity index (χ0v) is 11.6. The number of H-pyrrole nitrogens is 1. The summed E-state index contributed by atoms with van der Waals surface area (Å²) in [5.41, 5.74) is 7.52. The van der Waals surface area contributed by atoms with Gasteiger partial charge in [0.25, 0.3) is 0 Å². The van der Waals surface area contributed by atoms with Gasteiger partial charge in [-0.15, -0.1) is 0 Å². The minimum absolute atomic E-state index is 0.435. The normalized spacial score (nSPS) is 18.6. The zero-order chi connectivity index (χ0) is 14.2. The fourth-order valence-electron chi connectivity index (χ4n) is 2.91. The third-order valence-corrected chi connectivity index (χ3v) is 3.96. The van der Waals surface area contributed by atoms with Crippen molar-refractivity contribution < 1.29 is 4.74 Å². The quantitative estimate of drug-likeness (QED) is 0.682. The highest BCUT2D eigenvalue weighted by atomic mass is 16.5. The van der Waals surface area contributed by atoms with Gasteiger partial charge < -0.3 is 20.8 Å². The second-order valence-corrected chi connectivity index (χ2v) is 5.42. The maximum absolute atomic E-state index is 6.03. The molecule has 1 saturated heterocycles. The smallest absolute Gasteiger partial charge is 0.142 e. The molecule has 0 aliphatic carbocycles. The van der Waals surface area contributed by atoms with E-state index in [9.17, 15) is 0 Å². The van der Waals surface area contributed by atoms with E-state index < -0.39 is 0 Å². The summed E-state index contributed by atoms with van der Waals surface area (Å²) in [5, 5.41) is 5.41. The van der Waals surface area contributed by atoms with Crippen molar-refractivity contribution in [2.24, 2.45) is 0 Å². The van der Waals surface area contributed by atoms with Crippen molar-refractivity contribution in [3.05, 3.63) is 24.5 Å². The number of nitrogen functional groups attached to an aromatic ring is 1. The minimum Gasteiger partial charge on any atom is -0.491 e. The Morgan fingerprint density at radius 3 is 3.19 bits per heavy atom. The molecule has 0 amide bonds. The molecule has 1 aliphatic heterocycles. The number of fused-ring (bicyclic) bond motifs is 3. The Morgan fingerprint density at radius 1 is 1.38 bits per heavy atom. The summed E-state index contributed by atoms with van der Waals surface area (Å²) >= 11 is 0. The SMILES string of the molecule is Nc1cc2c(cn1)[nH]c1nccc(OC[C@H]3CCCN3)c12. The first kappa shape index (κ1) is 12.4. The molecule has 6 heteroatoms. The lowest BCUT2D eigenvalue weighted by Crippen LogP contribution is -2.28. The number of hydrogen-bond donors (Lipinski definition) is 3. The van der Waals surface area contributed by atoms with Gasteiger partial charge in [0, 0.05) is 17.6 Å². The van der Waals surface area contributed by atoms with Gasteiger partial charge in [0.2, 0.25) is 0 Å². The molecule has 0 spiro atoms. The largest absolute Gasteiger partial charge is 0.491 e. The topological polar surface area (TPSA) is 88.9 Å². The molecular formula is C15H17N5O. The third-order valence-electron chi connectivity index (χ3n) is 3.96. The van der Waals surface area contributed by atoms with Crippen LogP contribution in [0.2, 0.25) is 0 Å². The van der Waals surface area contributed by atoms with E-state index in [1.807, 2.05) is 12.1 Å². The number of anilines is 1. The molecule has 1 aliphatic rings. The lowest BCUT2D eigenvalue weighted by Gasteiger charge is -2.12. The fourth-order valence-corrected chi connectivity index (χ4v) is 2.91. The Kier molecular flexibility index (Phi) is 2.89. The molecule has 0 bridgehead atoms. The van der Waals surface area contributed by atoms with Gasteiger partial charge in [0.05, 0.1) is 17.1 Å². The first-order valence-corrected chi connectivity index (χ1v) is 7.19. The highest BCUT2D eigenvalue weighted by molar-refractivity contribution is 6.09. The average Bonchev–Trinajstić information content (AvgIpc) is 3.12. The first-order chi connectivity index (χ1) is 10.3. The molecule has 1 atom stereocenters. The lowest BCUT2D eigenvalue weighted by molar-refractivity contribution is 0.280. The fraction of sp³-hybridized carbons (Fsp3) is 0.333. The number of pyridine rings is 2. The molecule has 3 aromatic heterocycles. The molecule has 108 valence electrons. The van der Waals surface area contributed by atoms with Crippen LogP contribution >= 0.6 is 0 Å². The molecule has 0 unspecified atom stereocenters. The second-order valence-electron chi connectivity index (χ2n) is 5.42. The van der Waals surface area contributed by atoms with Crippen molar-refractivity contribution in [1.29, 1.82) is 0 Å². The average molecular weight is 283 g/mol. The summed E-state index contributed by atoms with van der Waals surface area (Å²) in [7, 11) is 0. The van der Waals surface area contributed by atoms with Crippen molar-refractivity contribution in [3.8, 4) is 5.75 Å². The van der Waals surface area contributed by atoms with Crippen molar-refractivity contribution in [1.82, 2.24) is 20.3 Å². The number of ether oxygens (including phenoxy) is 1. The number of rotatable bonds is 3. The van der Waals surface area contributed by atoms with Crippen LogP contribution in [0.15, 0.2) is 24.5 Å². The maximum atomic E-state index is 6.03. The van der Waals surface area contributed by atoms with Gasteiger partial charge in [0.15, 0.2) is 0 Å². The highest BCUT2D eigenvalue weighted by Gasteiger charge is 2.16. The van der Waals surface area contributed by atoms with Crippen molar-refractivity contribution in [2.75, 3.05) is 18.9 Å². The first-order valence-electron chi connectivity index (χ1n) is 7.19. The molecule has 4 heterocycles. The minimum atomic E-state index is 0.435. The van der Waals surface area contributed by atoms with E-state index in [1.165, 1.54) is 12.8 Å². The van der Waals surface area contributed by atoms with Gasteiger partial charge in [-0.25, -0.2) is 9.97 Å². The van der Waals surface area contributed by atoms with Crippen LogP contribution in [-0.4, -0.2) is 34.1 Å². The number of hydrogen-bond acceptors (Lipinski definition) is 5. The molecule has 0 radical (unpaired) electrons. The molecule has 1 fully saturated rings. The van der Waals surface area contributed by atoms with Crippen LogP contribution in [0, 0.1) is 0 Å². The van der Waals surface area contributed by atoms with E-state index in [4.69, 9.17) is 10.5 Å². The van der Waals surface area contributed by atoms with Gasteiger partial charge in [-0.2, -0.15) is 0 Å². The Hall–Kier alpha value is -2.34. The van der Waals surface area contributed by atoms with Crippen LogP contribution in [0.3, 0.4) is 0 Å². The van der Waals surface area contributed by atoms with Gasteiger partial charge in [-0.05, 0) is 31.5 Å². The number of nitrogens with one attached hydrogen (secondary N) is 2. The van der Waals surface area contributed by atoms with Crippen LogP contribution in [0.25, 0.3) is 21.9 Å². The van der Waals surface area contributed by atoms with Crippen molar-refractivity contribution >= 4 is 27.8 Å². The summed E-state index contributed by atoms with van der Waals surface area (Å²) in [5.74, 6) is 1.33. The molecule has 4 rings (SSSR count). The number of aromatic amines is 1. The molecule has 21 heavy (non-hydrogen) atoms. The Balaban J connectivity index is 1.76. The van der Waals surface area contributed by atoms with Gasteiger partial charge in [0.1, 0.15) is 23.8 Å². The van der Waals surface area contributed by atoms with Gasteiger partial charge in [-0.1, -0.05) is 0 Å². The molecule has 0 aromatic carbocycles. The van der Waals surface area contributed by atoms with Crippen molar-refractivity contribution in [3.63, 3.8) is 0 Å². The van der Waals surface area contributed by atoms with Crippen molar-refractivity contribution in [2.45, 2.75) is 18.9 Å². The van der Waals surface area contributed by atoms with E-state index in [0.717, 1.165) is 34.2 Å². The summed E-state index contributed by atoms with van der Waals surface area (Å²) in [6.45, 7) is 1.75. The second kappa shape index (κ2) is 4.89. The van der Waals surface area contributed by atoms with Crippen LogP contribution in [0.4, 0.5) is 5.82 Å². The highest BCUT2D eigenvalue weighted by Crippen LogP contribution is 2.32. The predicted molar refractivity (Wildman–Crippen MR) is 82.3 cm³/mol. The summed E-state index contributed by atoms with van der Waals surface area (Å²) in [4.78, 5) is 11.7. The summed E-state index contributed by atoms with van der Waals surface area (Å²) < 4.78 is 6.03. The van der Waals surface area contributed by atoms with E-state index in [1.54, 1.807) is 12.4 Å². The molecular weight excluding hydrogens is 266 g/mol. The summed E-state index contributed by atoms with van der Waals surface area (Å²) in [6.07, 6.45) is 5.87. The number of nitrogens with zero attached hydrogens (tertiary/aromatic N) is 2. The lowest BCUT2D eigenvalue weighted by atomic mass is 10.2. The Labute approximate surface area is 121 Å². The number of nitrogens with two attached hydrogens (primary N) is 1. The maximum Gasteiger partial charge on any atom is 0.142 e. The molecule has 4 N–H and O–H groups in total. The van der Waals surface area contributed by atoms with Crippen LogP contribution < -0.4 is 15.8 Å². The predicted octanol–water partition coefficient (Wildman–Crippen LogP) is 1.82. The van der Waals surface area contributed by atoms with Crippen LogP contribution in [0.1, 0.15) is 12.8 Å². The molecule has 3 aromatic rings. The zero-order valence-electron chi connectivity index (χ0n) is 11.6. The Bertz CT molecular complexity index is 791. The van der Waals surface area contributed by atoms with E-state index in [2.05, 4.69) is 20.3 Å². The van der Waals surface area contributed by atoms with Crippen LogP contribution in [-0.2, 0) is 0 Å². The number of aromatic nitrogens is 3. The molecule has 0 saturated carbocycles. The molecule has 6 nitrogen and oxygen atoms in total. The van der Waals surface area contributed by atoms with E-state index in [0.29, 0.717) is 18.5 Å². The standard InChI is InChI=1S/C15H17N5O/c16-13-6-10-11(7-19-13)20-15-14(10)12(3-5-18-15)21-8-9-2-1-4-17-9/h3,5-7,9,17H,1-2,4,8H2,(H2,16,19)(H,18,20)/t9-/m1/s1. The van der Waals surface area contributed by atoms with Crippen LogP contribution in [0.5, 0.6) is 5.75 Å².